The molecule has 0 aliphatic carbocycles. The summed E-state index contributed by atoms with van der Waals surface area (Å²) >= 11 is 5.86. The van der Waals surface area contributed by atoms with Crippen LogP contribution in [0.2, 0.25) is 5.02 Å². The van der Waals surface area contributed by atoms with E-state index >= 15 is 0 Å². The van der Waals surface area contributed by atoms with Crippen LogP contribution in [0.15, 0.2) is 18.2 Å². The molecule has 0 radical (unpaired) electrons. The number of piperazine rings is 1. The van der Waals surface area contributed by atoms with Crippen molar-refractivity contribution in [3.63, 3.8) is 0 Å². The van der Waals surface area contributed by atoms with Crippen LogP contribution in [-0.2, 0) is 9.59 Å². The maximum absolute atomic E-state index is 13.0. The second-order valence-corrected chi connectivity index (χ2v) is 5.88. The third-order valence-corrected chi connectivity index (χ3v) is 3.81. The summed E-state index contributed by atoms with van der Waals surface area (Å²) in [6.45, 7) is 3.17. The van der Waals surface area contributed by atoms with Gasteiger partial charge in [0.2, 0.25) is 11.8 Å². The molecule has 0 spiro atoms. The number of hydrogen-bond donors (Lipinski definition) is 2. The Labute approximate surface area is 139 Å². The number of carbonyl (C=O) groups is 2. The van der Waals surface area contributed by atoms with Crippen LogP contribution in [0.4, 0.5) is 10.1 Å². The average molecular weight is 343 g/mol. The molecule has 1 heterocycles. The summed E-state index contributed by atoms with van der Waals surface area (Å²) in [4.78, 5) is 27.5. The number of hydrogen-bond acceptors (Lipinski definition) is 4. The Morgan fingerprint density at radius 1 is 1.35 bits per heavy atom. The van der Waals surface area contributed by atoms with Crippen LogP contribution in [0.25, 0.3) is 0 Å². The van der Waals surface area contributed by atoms with Crippen molar-refractivity contribution in [1.82, 2.24) is 15.1 Å². The standard InChI is InChI=1S/C15H20ClFN4O2/c1-20(10-15(23)21-6-4-18-5-7-21)9-14(22)19-13-3-2-11(17)8-12(13)16/h2-3,8,18H,4-7,9-10H2,1H3,(H,19,22). The molecule has 1 fully saturated rings. The van der Waals surface area contributed by atoms with Gasteiger partial charge >= 0.3 is 0 Å². The van der Waals surface area contributed by atoms with Crippen LogP contribution in [-0.4, -0.2) is 67.9 Å². The molecule has 1 aromatic carbocycles. The van der Waals surface area contributed by atoms with Crippen LogP contribution in [0, 0.1) is 5.82 Å². The van der Waals surface area contributed by atoms with E-state index in [9.17, 15) is 14.0 Å². The lowest BCUT2D eigenvalue weighted by Crippen LogP contribution is -2.49. The first kappa shape index (κ1) is 17.7. The van der Waals surface area contributed by atoms with Gasteiger partial charge in [0.05, 0.1) is 23.8 Å². The number of anilines is 1. The largest absolute Gasteiger partial charge is 0.339 e. The topological polar surface area (TPSA) is 64.7 Å². The lowest BCUT2D eigenvalue weighted by Gasteiger charge is -2.29. The smallest absolute Gasteiger partial charge is 0.238 e. The van der Waals surface area contributed by atoms with Crippen molar-refractivity contribution in [3.05, 3.63) is 29.0 Å². The van der Waals surface area contributed by atoms with E-state index in [4.69, 9.17) is 11.6 Å². The van der Waals surface area contributed by atoms with Gasteiger partial charge in [-0.1, -0.05) is 11.6 Å². The van der Waals surface area contributed by atoms with Crippen LogP contribution in [0.5, 0.6) is 0 Å². The SMILES string of the molecule is CN(CC(=O)Nc1ccc(F)cc1Cl)CC(=O)N1CCNCC1. The van der Waals surface area contributed by atoms with E-state index in [1.54, 1.807) is 16.8 Å². The van der Waals surface area contributed by atoms with Crippen LogP contribution < -0.4 is 10.6 Å². The van der Waals surface area contributed by atoms with Gasteiger partial charge in [-0.25, -0.2) is 4.39 Å². The second-order valence-electron chi connectivity index (χ2n) is 5.48. The molecule has 2 N–H and O–H groups in total. The molecule has 8 heteroatoms. The summed E-state index contributed by atoms with van der Waals surface area (Å²) < 4.78 is 13.0. The van der Waals surface area contributed by atoms with Gasteiger partial charge in [0, 0.05) is 26.2 Å². The predicted octanol–water partition coefficient (Wildman–Crippen LogP) is 0.781. The highest BCUT2D eigenvalue weighted by Gasteiger charge is 2.18. The molecule has 0 unspecified atom stereocenters. The molecule has 0 saturated carbocycles. The summed E-state index contributed by atoms with van der Waals surface area (Å²) in [5, 5.41) is 5.92. The van der Waals surface area contributed by atoms with Gasteiger partial charge in [0.15, 0.2) is 0 Å². The molecule has 1 saturated heterocycles. The minimum Gasteiger partial charge on any atom is -0.339 e. The minimum atomic E-state index is -0.466. The minimum absolute atomic E-state index is 0.00149. The zero-order valence-corrected chi connectivity index (χ0v) is 13.7. The molecule has 0 aromatic heterocycles. The lowest BCUT2D eigenvalue weighted by atomic mass is 10.3. The molecule has 2 amide bonds. The summed E-state index contributed by atoms with van der Waals surface area (Å²) in [7, 11) is 1.70. The summed E-state index contributed by atoms with van der Waals surface area (Å²) in [6, 6.07) is 3.76. The van der Waals surface area contributed by atoms with Crippen LogP contribution in [0.1, 0.15) is 0 Å². The molecule has 126 valence electrons. The number of carbonyl (C=O) groups excluding carboxylic acids is 2. The molecule has 6 nitrogen and oxygen atoms in total. The number of amides is 2. The van der Waals surface area contributed by atoms with Gasteiger partial charge in [-0.3, -0.25) is 14.5 Å². The van der Waals surface area contributed by atoms with Crippen molar-refractivity contribution >= 4 is 29.1 Å². The lowest BCUT2D eigenvalue weighted by molar-refractivity contribution is -0.133. The van der Waals surface area contributed by atoms with Gasteiger partial charge in [-0.15, -0.1) is 0 Å². The number of likely N-dealkylation sites (N-methyl/N-ethyl adjacent to an activating group) is 1. The first-order valence-corrected chi connectivity index (χ1v) is 7.75. The Morgan fingerprint density at radius 2 is 2.04 bits per heavy atom. The number of benzene rings is 1. The van der Waals surface area contributed by atoms with Crippen LogP contribution in [0.3, 0.4) is 0 Å². The van der Waals surface area contributed by atoms with Gasteiger partial charge in [-0.2, -0.15) is 0 Å². The third kappa shape index (κ3) is 5.46. The zero-order valence-electron chi connectivity index (χ0n) is 12.9. The fourth-order valence-electron chi connectivity index (χ4n) is 2.33. The quantitative estimate of drug-likeness (QED) is 0.830. The van der Waals surface area contributed by atoms with E-state index in [0.29, 0.717) is 18.8 Å². The molecule has 1 aromatic rings. The van der Waals surface area contributed by atoms with E-state index in [-0.39, 0.29) is 29.9 Å². The van der Waals surface area contributed by atoms with E-state index in [1.165, 1.54) is 12.1 Å². The molecule has 23 heavy (non-hydrogen) atoms. The second kappa shape index (κ2) is 8.24. The fraction of sp³-hybridized carbons (Fsp3) is 0.467. The first-order valence-electron chi connectivity index (χ1n) is 7.37. The number of rotatable bonds is 5. The van der Waals surface area contributed by atoms with E-state index < -0.39 is 5.82 Å². The van der Waals surface area contributed by atoms with Gasteiger partial charge in [0.1, 0.15) is 5.82 Å². The summed E-state index contributed by atoms with van der Waals surface area (Å²) in [5.74, 6) is -0.775. The molecule has 1 aliphatic heterocycles. The normalized spacial score (nSPS) is 14.9. The highest BCUT2D eigenvalue weighted by molar-refractivity contribution is 6.33. The van der Waals surface area contributed by atoms with Crippen molar-refractivity contribution in [3.8, 4) is 0 Å². The predicted molar refractivity (Wildman–Crippen MR) is 87.0 cm³/mol. The average Bonchev–Trinajstić information content (AvgIpc) is 2.50. The maximum atomic E-state index is 13.0. The first-order chi connectivity index (χ1) is 11.0. The third-order valence-electron chi connectivity index (χ3n) is 3.49. The molecule has 2 rings (SSSR count). The van der Waals surface area contributed by atoms with E-state index in [0.717, 1.165) is 19.2 Å². The number of halogens is 2. The number of nitrogens with one attached hydrogen (secondary N) is 2. The number of nitrogens with zero attached hydrogens (tertiary/aromatic N) is 2. The Bertz CT molecular complexity index is 579. The van der Waals surface area contributed by atoms with Crippen molar-refractivity contribution < 1.29 is 14.0 Å². The zero-order chi connectivity index (χ0) is 16.8. The van der Waals surface area contributed by atoms with E-state index in [1.807, 2.05) is 0 Å². The van der Waals surface area contributed by atoms with Gasteiger partial charge in [0.25, 0.3) is 0 Å². The summed E-state index contributed by atoms with van der Waals surface area (Å²) in [5.41, 5.74) is 0.347. The van der Waals surface area contributed by atoms with Crippen molar-refractivity contribution in [1.29, 1.82) is 0 Å². The van der Waals surface area contributed by atoms with Gasteiger partial charge in [-0.05, 0) is 25.2 Å². The molecular weight excluding hydrogens is 323 g/mol. The molecule has 0 atom stereocenters. The monoisotopic (exact) mass is 342 g/mol. The summed E-state index contributed by atoms with van der Waals surface area (Å²) in [6.07, 6.45) is 0. The van der Waals surface area contributed by atoms with Crippen molar-refractivity contribution in [2.24, 2.45) is 0 Å². The highest BCUT2D eigenvalue weighted by atomic mass is 35.5. The Kier molecular flexibility index (Phi) is 6.32. The van der Waals surface area contributed by atoms with Crippen molar-refractivity contribution in [2.45, 2.75) is 0 Å². The molecule has 0 bridgehead atoms. The fourth-order valence-corrected chi connectivity index (χ4v) is 2.54. The molecular formula is C15H20ClFN4O2. The van der Waals surface area contributed by atoms with Crippen LogP contribution >= 0.6 is 11.6 Å². The van der Waals surface area contributed by atoms with E-state index in [2.05, 4.69) is 10.6 Å². The molecule has 1 aliphatic rings. The van der Waals surface area contributed by atoms with Crippen molar-refractivity contribution in [2.75, 3.05) is 51.6 Å². The van der Waals surface area contributed by atoms with Gasteiger partial charge < -0.3 is 15.5 Å². The Balaban J connectivity index is 1.81. The Morgan fingerprint density at radius 3 is 2.70 bits per heavy atom. The maximum Gasteiger partial charge on any atom is 0.238 e. The highest BCUT2D eigenvalue weighted by Crippen LogP contribution is 2.22. The Hall–Kier alpha value is -1.70.